The van der Waals surface area contributed by atoms with Crippen molar-refractivity contribution in [2.45, 2.75) is 18.9 Å². The molecule has 4 aromatic rings. The second kappa shape index (κ2) is 8.05. The first kappa shape index (κ1) is 20.1. The van der Waals surface area contributed by atoms with E-state index >= 15 is 0 Å². The molecular weight excluding hydrogens is 413 g/mol. The van der Waals surface area contributed by atoms with Crippen LogP contribution in [0, 0.1) is 5.82 Å². The Labute approximate surface area is 182 Å². The summed E-state index contributed by atoms with van der Waals surface area (Å²) in [7, 11) is 0. The zero-order valence-electron chi connectivity index (χ0n) is 17.0. The number of halogens is 1. The molecule has 0 atom stereocenters. The summed E-state index contributed by atoms with van der Waals surface area (Å²) in [5.74, 6) is -0.170. The molecule has 0 spiro atoms. The van der Waals surface area contributed by atoms with Crippen molar-refractivity contribution in [1.82, 2.24) is 9.97 Å². The number of piperidine rings is 1. The third-order valence-electron chi connectivity index (χ3n) is 5.76. The highest BCUT2D eigenvalue weighted by Gasteiger charge is 2.26. The Morgan fingerprint density at radius 2 is 1.66 bits per heavy atom. The van der Waals surface area contributed by atoms with E-state index in [0.29, 0.717) is 59.7 Å². The minimum absolute atomic E-state index is 0.167. The number of aromatic carboxylic acids is 1. The molecule has 5 rings (SSSR count). The van der Waals surface area contributed by atoms with Gasteiger partial charge >= 0.3 is 5.97 Å². The Morgan fingerprint density at radius 1 is 1.00 bits per heavy atom. The molecule has 1 fully saturated rings. The smallest absolute Gasteiger partial charge is 0.335 e. The number of aromatic nitrogens is 2. The summed E-state index contributed by atoms with van der Waals surface area (Å²) in [4.78, 5) is 22.2. The maximum Gasteiger partial charge on any atom is 0.335 e. The van der Waals surface area contributed by atoms with Crippen molar-refractivity contribution in [3.63, 3.8) is 0 Å². The number of fused-ring (bicyclic) bond motifs is 1. The molecule has 0 amide bonds. The second-order valence-corrected chi connectivity index (χ2v) is 7.79. The molecule has 8 heteroatoms. The number of rotatable bonds is 4. The summed E-state index contributed by atoms with van der Waals surface area (Å²) in [6.45, 7) is 1.29. The fourth-order valence-corrected chi connectivity index (χ4v) is 4.09. The van der Waals surface area contributed by atoms with Crippen LogP contribution in [0.2, 0.25) is 0 Å². The van der Waals surface area contributed by atoms with Gasteiger partial charge in [-0.2, -0.15) is 0 Å². The first-order chi connectivity index (χ1) is 15.5. The average molecular weight is 433 g/mol. The maximum absolute atomic E-state index is 13.7. The molecule has 0 aliphatic carbocycles. The molecule has 1 saturated heterocycles. The van der Waals surface area contributed by atoms with Gasteiger partial charge in [-0.25, -0.2) is 19.2 Å². The number of hydrogen-bond acceptors (Lipinski definition) is 6. The minimum Gasteiger partial charge on any atom is -0.478 e. The van der Waals surface area contributed by atoms with E-state index in [4.69, 9.17) is 4.42 Å². The van der Waals surface area contributed by atoms with Gasteiger partial charge in [0.05, 0.1) is 17.1 Å². The van der Waals surface area contributed by atoms with Gasteiger partial charge in [-0.05, 0) is 42.7 Å². The fraction of sp³-hybridized carbons (Fsp3) is 0.208. The number of carboxylic acid groups (broad SMARTS) is 1. The lowest BCUT2D eigenvalue weighted by atomic mass is 9.98. The van der Waals surface area contributed by atoms with E-state index in [9.17, 15) is 19.4 Å². The fourth-order valence-electron chi connectivity index (χ4n) is 4.09. The van der Waals surface area contributed by atoms with Gasteiger partial charge in [-0.3, -0.25) is 0 Å². The lowest BCUT2D eigenvalue weighted by molar-refractivity contribution is 0.0697. The number of furan rings is 1. The third-order valence-corrected chi connectivity index (χ3v) is 5.76. The van der Waals surface area contributed by atoms with Gasteiger partial charge < -0.3 is 19.5 Å². The molecule has 1 aliphatic rings. The number of aliphatic hydroxyl groups excluding tert-OH is 1. The van der Waals surface area contributed by atoms with E-state index in [2.05, 4.69) is 14.9 Å². The van der Waals surface area contributed by atoms with Crippen molar-refractivity contribution in [2.75, 3.05) is 18.0 Å². The van der Waals surface area contributed by atoms with Crippen molar-refractivity contribution >= 4 is 22.9 Å². The number of carbonyl (C=O) groups is 1. The predicted molar refractivity (Wildman–Crippen MR) is 117 cm³/mol. The van der Waals surface area contributed by atoms with Crippen LogP contribution in [0.3, 0.4) is 0 Å². The summed E-state index contributed by atoms with van der Waals surface area (Å²) >= 11 is 0. The lowest BCUT2D eigenvalue weighted by Crippen LogP contribution is -2.36. The molecule has 0 saturated carbocycles. The Kier molecular flexibility index (Phi) is 5.07. The minimum atomic E-state index is -1.01. The van der Waals surface area contributed by atoms with Gasteiger partial charge in [0, 0.05) is 24.2 Å². The molecule has 32 heavy (non-hydrogen) atoms. The first-order valence-electron chi connectivity index (χ1n) is 10.3. The first-order valence-corrected chi connectivity index (χ1v) is 10.3. The Hall–Kier alpha value is -3.78. The zero-order chi connectivity index (χ0) is 22.2. The van der Waals surface area contributed by atoms with E-state index in [-0.39, 0.29) is 17.5 Å². The molecule has 162 valence electrons. The van der Waals surface area contributed by atoms with Gasteiger partial charge in [0.15, 0.2) is 0 Å². The van der Waals surface area contributed by atoms with Crippen molar-refractivity contribution in [3.8, 4) is 22.5 Å². The Balaban J connectivity index is 1.73. The van der Waals surface area contributed by atoms with Crippen LogP contribution >= 0.6 is 0 Å². The SMILES string of the molecule is O=C(O)c1ccc(-c2oc3ncnc(N4CCC(O)CC4)c3c2-c2ccc(F)cc2)cc1. The number of aliphatic hydroxyl groups is 1. The highest BCUT2D eigenvalue weighted by atomic mass is 19.1. The van der Waals surface area contributed by atoms with Gasteiger partial charge in [0.2, 0.25) is 5.71 Å². The van der Waals surface area contributed by atoms with Gasteiger partial charge in [-0.1, -0.05) is 24.3 Å². The molecule has 2 aromatic heterocycles. The summed E-state index contributed by atoms with van der Waals surface area (Å²) in [5.41, 5.74) is 2.67. The summed E-state index contributed by atoms with van der Waals surface area (Å²) in [6.07, 6.45) is 2.39. The van der Waals surface area contributed by atoms with Crippen LogP contribution in [0.25, 0.3) is 33.6 Å². The molecule has 3 heterocycles. The van der Waals surface area contributed by atoms with Gasteiger partial charge in [0.1, 0.15) is 23.7 Å². The van der Waals surface area contributed by atoms with Crippen molar-refractivity contribution in [3.05, 3.63) is 66.2 Å². The van der Waals surface area contributed by atoms with Crippen LogP contribution in [0.15, 0.2) is 59.3 Å². The number of carboxylic acids is 1. The lowest BCUT2D eigenvalue weighted by Gasteiger charge is -2.30. The van der Waals surface area contributed by atoms with E-state index in [1.54, 1.807) is 24.3 Å². The van der Waals surface area contributed by atoms with Gasteiger partial charge in [-0.15, -0.1) is 0 Å². The predicted octanol–water partition coefficient (Wildman–Crippen LogP) is 4.36. The number of nitrogens with zero attached hydrogens (tertiary/aromatic N) is 3. The van der Waals surface area contributed by atoms with Crippen LogP contribution in [0.1, 0.15) is 23.2 Å². The monoisotopic (exact) mass is 433 g/mol. The highest BCUT2D eigenvalue weighted by molar-refractivity contribution is 6.06. The van der Waals surface area contributed by atoms with E-state index in [0.717, 1.165) is 5.56 Å². The molecule has 1 aliphatic heterocycles. The van der Waals surface area contributed by atoms with Crippen LogP contribution in [0.4, 0.5) is 10.2 Å². The number of hydrogen-bond donors (Lipinski definition) is 2. The number of anilines is 1. The van der Waals surface area contributed by atoms with Crippen molar-refractivity contribution in [1.29, 1.82) is 0 Å². The topological polar surface area (TPSA) is 99.7 Å². The van der Waals surface area contributed by atoms with Crippen LogP contribution in [0.5, 0.6) is 0 Å². The van der Waals surface area contributed by atoms with Crippen LogP contribution in [-0.4, -0.2) is 45.3 Å². The number of benzene rings is 2. The zero-order valence-corrected chi connectivity index (χ0v) is 17.0. The normalized spacial score (nSPS) is 14.8. The molecule has 0 radical (unpaired) electrons. The summed E-state index contributed by atoms with van der Waals surface area (Å²) < 4.78 is 19.8. The molecule has 2 aromatic carbocycles. The molecule has 2 N–H and O–H groups in total. The molecule has 0 bridgehead atoms. The molecule has 7 nitrogen and oxygen atoms in total. The standard InChI is InChI=1S/C24H20FN3O4/c25-17-7-5-14(6-8-17)19-20-22(28-11-9-18(29)10-12-28)26-13-27-23(20)32-21(19)15-1-3-16(4-2-15)24(30)31/h1-8,13,18,29H,9-12H2,(H,30,31). The maximum atomic E-state index is 13.7. The van der Waals surface area contributed by atoms with Crippen molar-refractivity contribution in [2.24, 2.45) is 0 Å². The average Bonchev–Trinajstić information content (AvgIpc) is 3.20. The summed E-state index contributed by atoms with van der Waals surface area (Å²) in [5, 5.41) is 19.8. The second-order valence-electron chi connectivity index (χ2n) is 7.79. The van der Waals surface area contributed by atoms with E-state index in [1.807, 2.05) is 0 Å². The third kappa shape index (κ3) is 3.58. The molecular formula is C24H20FN3O4. The largest absolute Gasteiger partial charge is 0.478 e. The Morgan fingerprint density at radius 3 is 2.31 bits per heavy atom. The highest BCUT2D eigenvalue weighted by Crippen LogP contribution is 2.43. The van der Waals surface area contributed by atoms with Crippen molar-refractivity contribution < 1.29 is 23.8 Å². The van der Waals surface area contributed by atoms with E-state index in [1.165, 1.54) is 30.6 Å². The van der Waals surface area contributed by atoms with Crippen LogP contribution in [-0.2, 0) is 0 Å². The quantitative estimate of drug-likeness (QED) is 0.493. The van der Waals surface area contributed by atoms with E-state index < -0.39 is 5.97 Å². The van der Waals surface area contributed by atoms with Gasteiger partial charge in [0.25, 0.3) is 0 Å². The Bertz CT molecular complexity index is 1280. The molecule has 0 unspecified atom stereocenters. The summed E-state index contributed by atoms with van der Waals surface area (Å²) in [6, 6.07) is 12.5. The van der Waals surface area contributed by atoms with Crippen LogP contribution < -0.4 is 4.90 Å².